The molecule has 3 aromatic rings. The monoisotopic (exact) mass is 319 g/mol. The zero-order valence-corrected chi connectivity index (χ0v) is 12.3. The predicted octanol–water partition coefficient (Wildman–Crippen LogP) is 4.22. The van der Waals surface area contributed by atoms with Gasteiger partial charge < -0.3 is 4.57 Å². The maximum Gasteiger partial charge on any atom is 0.275 e. The molecule has 0 aliphatic heterocycles. The zero-order valence-electron chi connectivity index (χ0n) is 10.8. The van der Waals surface area contributed by atoms with E-state index < -0.39 is 4.92 Å². The third kappa shape index (κ3) is 2.81. The fourth-order valence-corrected chi connectivity index (χ4v) is 2.99. The van der Waals surface area contributed by atoms with Gasteiger partial charge >= 0.3 is 0 Å². The van der Waals surface area contributed by atoms with Gasteiger partial charge in [-0.25, -0.2) is 4.98 Å². The number of rotatable bonds is 4. The van der Waals surface area contributed by atoms with Gasteiger partial charge in [-0.2, -0.15) is 0 Å². The molecular formula is C14H10ClN3O2S. The van der Waals surface area contributed by atoms with Crippen molar-refractivity contribution in [2.75, 3.05) is 0 Å². The summed E-state index contributed by atoms with van der Waals surface area (Å²) in [6, 6.07) is 8.63. The second-order valence-corrected chi connectivity index (χ2v) is 5.77. The van der Waals surface area contributed by atoms with Crippen molar-refractivity contribution in [2.24, 2.45) is 0 Å². The number of benzene rings is 1. The van der Waals surface area contributed by atoms with E-state index in [-0.39, 0.29) is 5.69 Å². The van der Waals surface area contributed by atoms with Crippen molar-refractivity contribution < 1.29 is 4.92 Å². The number of nitrogens with zero attached hydrogens (tertiary/aromatic N) is 3. The summed E-state index contributed by atoms with van der Waals surface area (Å²) >= 11 is 7.41. The van der Waals surface area contributed by atoms with Crippen molar-refractivity contribution in [1.29, 1.82) is 0 Å². The van der Waals surface area contributed by atoms with Crippen LogP contribution in [0.3, 0.4) is 0 Å². The predicted molar refractivity (Wildman–Crippen MR) is 82.7 cm³/mol. The highest BCUT2D eigenvalue weighted by Gasteiger charge is 2.16. The van der Waals surface area contributed by atoms with Gasteiger partial charge in [-0.1, -0.05) is 17.7 Å². The van der Waals surface area contributed by atoms with Gasteiger partial charge in [0.2, 0.25) is 0 Å². The maximum atomic E-state index is 11.1. The molecule has 0 saturated heterocycles. The largest absolute Gasteiger partial charge is 0.326 e. The van der Waals surface area contributed by atoms with E-state index in [0.717, 1.165) is 10.7 Å². The van der Waals surface area contributed by atoms with Crippen LogP contribution >= 0.6 is 22.9 Å². The third-order valence-corrected chi connectivity index (χ3v) is 4.14. The molecule has 2 aromatic heterocycles. The average molecular weight is 320 g/mol. The average Bonchev–Trinajstić information content (AvgIpc) is 3.11. The molecule has 0 aliphatic carbocycles. The topological polar surface area (TPSA) is 61.0 Å². The fourth-order valence-electron chi connectivity index (χ4n) is 2.09. The van der Waals surface area contributed by atoms with Gasteiger partial charge in [-0.3, -0.25) is 10.1 Å². The third-order valence-electron chi connectivity index (χ3n) is 3.04. The number of halogens is 1. The Labute approximate surface area is 129 Å². The lowest BCUT2D eigenvalue weighted by Gasteiger charge is -2.07. The van der Waals surface area contributed by atoms with Crippen molar-refractivity contribution >= 4 is 28.6 Å². The molecule has 0 unspecified atom stereocenters. The zero-order chi connectivity index (χ0) is 14.8. The van der Waals surface area contributed by atoms with Crippen LogP contribution in [0.5, 0.6) is 0 Å². The number of thiophene rings is 1. The molecule has 0 amide bonds. The normalized spacial score (nSPS) is 10.7. The smallest absolute Gasteiger partial charge is 0.275 e. The van der Waals surface area contributed by atoms with Crippen molar-refractivity contribution in [3.05, 3.63) is 68.8 Å². The van der Waals surface area contributed by atoms with Gasteiger partial charge in [0.1, 0.15) is 5.82 Å². The Morgan fingerprint density at radius 2 is 2.24 bits per heavy atom. The number of hydrogen-bond acceptors (Lipinski definition) is 4. The summed E-state index contributed by atoms with van der Waals surface area (Å²) in [5, 5.41) is 13.5. The van der Waals surface area contributed by atoms with Gasteiger partial charge in [0.05, 0.1) is 16.3 Å². The maximum absolute atomic E-state index is 11.1. The van der Waals surface area contributed by atoms with Crippen molar-refractivity contribution in [2.45, 2.75) is 6.54 Å². The highest BCUT2D eigenvalue weighted by Crippen LogP contribution is 2.27. The molecule has 0 atom stereocenters. The molecule has 0 N–H and O–H groups in total. The molecule has 21 heavy (non-hydrogen) atoms. The van der Waals surface area contributed by atoms with Crippen LogP contribution in [-0.2, 0) is 6.54 Å². The van der Waals surface area contributed by atoms with Crippen molar-refractivity contribution in [3.8, 4) is 10.7 Å². The summed E-state index contributed by atoms with van der Waals surface area (Å²) in [7, 11) is 0. The van der Waals surface area contributed by atoms with Crippen LogP contribution in [0.15, 0.2) is 48.1 Å². The molecular weight excluding hydrogens is 310 g/mol. The molecule has 1 aromatic carbocycles. The van der Waals surface area contributed by atoms with E-state index in [4.69, 9.17) is 11.6 Å². The Kier molecular flexibility index (Phi) is 3.72. The van der Waals surface area contributed by atoms with Crippen LogP contribution in [0.2, 0.25) is 5.02 Å². The van der Waals surface area contributed by atoms with E-state index in [2.05, 4.69) is 4.98 Å². The molecule has 106 valence electrons. The Morgan fingerprint density at radius 1 is 1.38 bits per heavy atom. The van der Waals surface area contributed by atoms with E-state index >= 15 is 0 Å². The second kappa shape index (κ2) is 5.67. The quantitative estimate of drug-likeness (QED) is 0.534. The lowest BCUT2D eigenvalue weighted by atomic mass is 10.2. The molecule has 5 nitrogen and oxygen atoms in total. The number of hydrogen-bond donors (Lipinski definition) is 0. The Hall–Kier alpha value is -2.18. The number of aromatic nitrogens is 2. The summed E-state index contributed by atoms with van der Waals surface area (Å²) in [5.41, 5.74) is 0.619. The first-order valence-electron chi connectivity index (χ1n) is 6.13. The summed E-state index contributed by atoms with van der Waals surface area (Å²) in [5.74, 6) is 0.800. The van der Waals surface area contributed by atoms with Crippen molar-refractivity contribution in [1.82, 2.24) is 9.55 Å². The molecule has 0 bridgehead atoms. The minimum absolute atomic E-state index is 0.0216. The Bertz CT molecular complexity index is 783. The standard InChI is InChI=1S/C14H10ClN3O2S/c15-11-4-3-10(12(8-11)18(19)20)9-17-6-5-16-14(17)13-2-1-7-21-13/h1-8H,9H2. The fraction of sp³-hybridized carbons (Fsp3) is 0.0714. The summed E-state index contributed by atoms with van der Waals surface area (Å²) in [6.07, 6.45) is 3.50. The van der Waals surface area contributed by atoms with E-state index in [1.807, 2.05) is 28.3 Å². The van der Waals surface area contributed by atoms with Crippen LogP contribution in [0.1, 0.15) is 5.56 Å². The van der Waals surface area contributed by atoms with E-state index in [1.54, 1.807) is 29.7 Å². The van der Waals surface area contributed by atoms with Gasteiger partial charge in [0.25, 0.3) is 5.69 Å². The highest BCUT2D eigenvalue weighted by atomic mass is 35.5. The van der Waals surface area contributed by atoms with Crippen LogP contribution in [-0.4, -0.2) is 14.5 Å². The first kappa shape index (κ1) is 13.8. The summed E-state index contributed by atoms with van der Waals surface area (Å²) in [6.45, 7) is 0.376. The summed E-state index contributed by atoms with van der Waals surface area (Å²) < 4.78 is 1.89. The molecule has 2 heterocycles. The number of nitro groups is 1. The first-order chi connectivity index (χ1) is 10.1. The highest BCUT2D eigenvalue weighted by molar-refractivity contribution is 7.13. The van der Waals surface area contributed by atoms with Gasteiger partial charge in [0.15, 0.2) is 0 Å². The SMILES string of the molecule is O=[N+]([O-])c1cc(Cl)ccc1Cn1ccnc1-c1cccs1. The lowest BCUT2D eigenvalue weighted by molar-refractivity contribution is -0.385. The molecule has 0 aliphatic rings. The lowest BCUT2D eigenvalue weighted by Crippen LogP contribution is -2.03. The van der Waals surface area contributed by atoms with E-state index in [1.165, 1.54) is 6.07 Å². The van der Waals surface area contributed by atoms with Gasteiger partial charge in [-0.05, 0) is 23.6 Å². The molecule has 0 fully saturated rings. The first-order valence-corrected chi connectivity index (χ1v) is 7.39. The van der Waals surface area contributed by atoms with Crippen LogP contribution < -0.4 is 0 Å². The molecule has 0 radical (unpaired) electrons. The molecule has 3 rings (SSSR count). The molecule has 0 saturated carbocycles. The van der Waals surface area contributed by atoms with Crippen LogP contribution in [0, 0.1) is 10.1 Å². The summed E-state index contributed by atoms with van der Waals surface area (Å²) in [4.78, 5) is 16.1. The van der Waals surface area contributed by atoms with Gasteiger partial charge in [-0.15, -0.1) is 11.3 Å². The Balaban J connectivity index is 1.99. The minimum atomic E-state index is -0.414. The second-order valence-electron chi connectivity index (χ2n) is 4.39. The van der Waals surface area contributed by atoms with E-state index in [9.17, 15) is 10.1 Å². The van der Waals surface area contributed by atoms with Gasteiger partial charge in [0, 0.05) is 29.0 Å². The minimum Gasteiger partial charge on any atom is -0.326 e. The molecule has 0 spiro atoms. The van der Waals surface area contributed by atoms with Crippen molar-refractivity contribution in [3.63, 3.8) is 0 Å². The van der Waals surface area contributed by atoms with Crippen LogP contribution in [0.25, 0.3) is 10.7 Å². The van der Waals surface area contributed by atoms with Crippen LogP contribution in [0.4, 0.5) is 5.69 Å². The Morgan fingerprint density at radius 3 is 2.95 bits per heavy atom. The number of nitro benzene ring substituents is 1. The number of imidazole rings is 1. The van der Waals surface area contributed by atoms with E-state index in [0.29, 0.717) is 17.1 Å². The molecule has 7 heteroatoms.